The lowest BCUT2D eigenvalue weighted by molar-refractivity contribution is -0.154. The number of esters is 1. The number of hydrogen-bond donors (Lipinski definition) is 1. The third kappa shape index (κ3) is 37.1. The highest BCUT2D eigenvalue weighted by atomic mass is 16.6. The number of allylic oxidation sites excluding steroid dienone is 20. The minimum atomic E-state index is -0.594. The summed E-state index contributed by atoms with van der Waals surface area (Å²) in [6.45, 7) is 4.89. The van der Waals surface area contributed by atoms with E-state index in [0.717, 1.165) is 96.3 Å². The van der Waals surface area contributed by atoms with Gasteiger partial charge in [0.25, 0.3) is 0 Å². The van der Waals surface area contributed by atoms with E-state index >= 15 is 0 Å². The standard InChI is InChI=1S/C43H66O4/c1-3-5-7-9-11-13-15-17-19-20-21-22-23-24-25-26-28-30-32-34-36-38-43(45)47-42(40-44)41-46-39-37-35-33-31-29-27-18-16-14-12-10-8-6-4-2/h5-8,11-14,17-19,21-22,24-25,27-28,30-31,33,42,44H,3-4,9-10,15-16,20,23,26,29,32,34-41H2,1-2H3/b7-5-,8-6-,13-11-,14-12-,19-17-,22-21-,25-24-,27-18-,30-28-,33-31-. The monoisotopic (exact) mass is 646 g/mol. The van der Waals surface area contributed by atoms with Gasteiger partial charge in [0.1, 0.15) is 6.10 Å². The molecule has 0 aromatic rings. The number of rotatable bonds is 31. The first kappa shape index (κ1) is 43.8. The molecule has 0 aromatic carbocycles. The minimum absolute atomic E-state index is 0.221. The number of hydrogen-bond acceptors (Lipinski definition) is 4. The van der Waals surface area contributed by atoms with Gasteiger partial charge in [-0.15, -0.1) is 0 Å². The summed E-state index contributed by atoms with van der Waals surface area (Å²) in [5, 5.41) is 9.54. The third-order valence-electron chi connectivity index (χ3n) is 6.78. The van der Waals surface area contributed by atoms with E-state index in [0.29, 0.717) is 13.0 Å². The second kappa shape index (κ2) is 39.0. The van der Waals surface area contributed by atoms with Gasteiger partial charge in [0.15, 0.2) is 0 Å². The lowest BCUT2D eigenvalue weighted by Gasteiger charge is -2.15. The Hall–Kier alpha value is -3.21. The van der Waals surface area contributed by atoms with Crippen molar-refractivity contribution in [3.63, 3.8) is 0 Å². The molecule has 0 saturated carbocycles. The largest absolute Gasteiger partial charge is 0.457 e. The molecule has 0 aromatic heterocycles. The fraction of sp³-hybridized carbons (Fsp3) is 0.512. The van der Waals surface area contributed by atoms with Crippen LogP contribution in [0.5, 0.6) is 0 Å². The van der Waals surface area contributed by atoms with Crippen LogP contribution in [0.25, 0.3) is 0 Å². The average Bonchev–Trinajstić information content (AvgIpc) is 3.08. The van der Waals surface area contributed by atoms with Crippen molar-refractivity contribution in [2.45, 2.75) is 123 Å². The van der Waals surface area contributed by atoms with E-state index in [1.807, 2.05) is 0 Å². The topological polar surface area (TPSA) is 55.8 Å². The first-order valence-corrected chi connectivity index (χ1v) is 18.1. The van der Waals surface area contributed by atoms with Gasteiger partial charge >= 0.3 is 5.97 Å². The Kier molecular flexibility index (Phi) is 36.3. The molecular weight excluding hydrogens is 580 g/mol. The molecule has 262 valence electrons. The molecule has 0 saturated heterocycles. The first-order valence-electron chi connectivity index (χ1n) is 18.1. The molecule has 0 bridgehead atoms. The highest BCUT2D eigenvalue weighted by Crippen LogP contribution is 2.06. The predicted octanol–water partition coefficient (Wildman–Crippen LogP) is 11.8. The Balaban J connectivity index is 3.71. The molecule has 0 aliphatic rings. The molecule has 0 radical (unpaired) electrons. The number of aliphatic hydroxyl groups is 1. The van der Waals surface area contributed by atoms with E-state index in [9.17, 15) is 9.90 Å². The van der Waals surface area contributed by atoms with Crippen LogP contribution < -0.4 is 0 Å². The van der Waals surface area contributed by atoms with Crippen LogP contribution in [-0.4, -0.2) is 37.0 Å². The van der Waals surface area contributed by atoms with Gasteiger partial charge in [-0.3, -0.25) is 4.79 Å². The van der Waals surface area contributed by atoms with E-state index in [4.69, 9.17) is 9.47 Å². The van der Waals surface area contributed by atoms with Gasteiger partial charge in [-0.1, -0.05) is 135 Å². The summed E-state index contributed by atoms with van der Waals surface area (Å²) in [5.41, 5.74) is 0. The van der Waals surface area contributed by atoms with Crippen molar-refractivity contribution in [3.8, 4) is 0 Å². The van der Waals surface area contributed by atoms with Crippen molar-refractivity contribution in [2.24, 2.45) is 0 Å². The fourth-order valence-electron chi connectivity index (χ4n) is 4.16. The number of unbranched alkanes of at least 4 members (excludes halogenated alkanes) is 3. The molecule has 0 heterocycles. The van der Waals surface area contributed by atoms with Gasteiger partial charge in [0.2, 0.25) is 0 Å². The van der Waals surface area contributed by atoms with E-state index < -0.39 is 6.10 Å². The van der Waals surface area contributed by atoms with Crippen LogP contribution in [0.2, 0.25) is 0 Å². The lowest BCUT2D eigenvalue weighted by atomic mass is 10.2. The smallest absolute Gasteiger partial charge is 0.306 e. The van der Waals surface area contributed by atoms with Crippen LogP contribution in [0.3, 0.4) is 0 Å². The molecule has 0 aliphatic carbocycles. The number of ether oxygens (including phenoxy) is 2. The van der Waals surface area contributed by atoms with Crippen molar-refractivity contribution < 1.29 is 19.4 Å². The fourth-order valence-corrected chi connectivity index (χ4v) is 4.16. The van der Waals surface area contributed by atoms with Crippen molar-refractivity contribution in [1.29, 1.82) is 0 Å². The Bertz CT molecular complexity index is 987. The summed E-state index contributed by atoms with van der Waals surface area (Å²) in [4.78, 5) is 12.1. The van der Waals surface area contributed by atoms with E-state index in [1.165, 1.54) is 0 Å². The second-order valence-corrected chi connectivity index (χ2v) is 11.2. The highest BCUT2D eigenvalue weighted by molar-refractivity contribution is 5.69. The number of aliphatic hydroxyl groups excluding tert-OH is 1. The van der Waals surface area contributed by atoms with Gasteiger partial charge in [0.05, 0.1) is 13.2 Å². The summed E-state index contributed by atoms with van der Waals surface area (Å²) in [6, 6.07) is 0. The molecule has 0 amide bonds. The molecule has 0 spiro atoms. The summed E-state index contributed by atoms with van der Waals surface area (Å²) in [5.74, 6) is -0.268. The Morgan fingerprint density at radius 1 is 0.511 bits per heavy atom. The van der Waals surface area contributed by atoms with Gasteiger partial charge < -0.3 is 14.6 Å². The van der Waals surface area contributed by atoms with E-state index in [1.54, 1.807) is 0 Å². The predicted molar refractivity (Wildman–Crippen MR) is 204 cm³/mol. The normalized spacial score (nSPS) is 13.9. The molecular formula is C43H66O4. The van der Waals surface area contributed by atoms with E-state index in [-0.39, 0.29) is 19.2 Å². The summed E-state index contributed by atoms with van der Waals surface area (Å²) >= 11 is 0. The minimum Gasteiger partial charge on any atom is -0.457 e. The van der Waals surface area contributed by atoms with Crippen LogP contribution >= 0.6 is 0 Å². The zero-order valence-corrected chi connectivity index (χ0v) is 29.7. The molecule has 1 unspecified atom stereocenters. The van der Waals surface area contributed by atoms with Gasteiger partial charge in [-0.25, -0.2) is 0 Å². The van der Waals surface area contributed by atoms with Crippen LogP contribution in [0, 0.1) is 0 Å². The first-order chi connectivity index (χ1) is 23.2. The van der Waals surface area contributed by atoms with E-state index in [2.05, 4.69) is 135 Å². The molecule has 0 fully saturated rings. The molecule has 4 heteroatoms. The Morgan fingerprint density at radius 2 is 0.872 bits per heavy atom. The maximum Gasteiger partial charge on any atom is 0.306 e. The third-order valence-corrected chi connectivity index (χ3v) is 6.78. The molecule has 1 N–H and O–H groups in total. The average molecular weight is 647 g/mol. The summed E-state index contributed by atoms with van der Waals surface area (Å²) in [7, 11) is 0. The summed E-state index contributed by atoms with van der Waals surface area (Å²) < 4.78 is 11.0. The summed E-state index contributed by atoms with van der Waals surface area (Å²) in [6.07, 6.45) is 58.2. The number of carbonyl (C=O) groups is 1. The van der Waals surface area contributed by atoms with Gasteiger partial charge in [-0.05, 0) is 96.3 Å². The maximum absolute atomic E-state index is 12.1. The zero-order valence-electron chi connectivity index (χ0n) is 29.7. The van der Waals surface area contributed by atoms with Gasteiger partial charge in [0, 0.05) is 13.0 Å². The van der Waals surface area contributed by atoms with Crippen LogP contribution in [-0.2, 0) is 14.3 Å². The van der Waals surface area contributed by atoms with Crippen molar-refractivity contribution in [2.75, 3.05) is 19.8 Å². The molecule has 0 aliphatic heterocycles. The van der Waals surface area contributed by atoms with Crippen LogP contribution in [0.4, 0.5) is 0 Å². The zero-order chi connectivity index (χ0) is 34.1. The molecule has 0 rings (SSSR count). The Labute approximate surface area is 288 Å². The maximum atomic E-state index is 12.1. The van der Waals surface area contributed by atoms with Crippen molar-refractivity contribution in [1.82, 2.24) is 0 Å². The highest BCUT2D eigenvalue weighted by Gasteiger charge is 2.13. The molecule has 47 heavy (non-hydrogen) atoms. The molecule has 4 nitrogen and oxygen atoms in total. The molecule has 1 atom stereocenters. The second-order valence-electron chi connectivity index (χ2n) is 11.2. The number of carbonyl (C=O) groups excluding carboxylic acids is 1. The SMILES string of the molecule is CC/C=C\C/C=C\C/C=C\C/C=C\C/C=C\C/C=C\CCCCC(=O)OC(CO)COCCC/C=C\C/C=C\C/C=C\C/C=C\CC. The Morgan fingerprint density at radius 3 is 1.26 bits per heavy atom. The van der Waals surface area contributed by atoms with Crippen LogP contribution in [0.15, 0.2) is 122 Å². The van der Waals surface area contributed by atoms with Crippen LogP contribution in [0.1, 0.15) is 117 Å². The quantitative estimate of drug-likeness (QED) is 0.0462. The van der Waals surface area contributed by atoms with Crippen molar-refractivity contribution >= 4 is 5.97 Å². The van der Waals surface area contributed by atoms with Crippen molar-refractivity contribution in [3.05, 3.63) is 122 Å². The van der Waals surface area contributed by atoms with Gasteiger partial charge in [-0.2, -0.15) is 0 Å². The lowest BCUT2D eigenvalue weighted by Crippen LogP contribution is -2.27.